The van der Waals surface area contributed by atoms with Crippen LogP contribution in [-0.4, -0.2) is 16.9 Å². The van der Waals surface area contributed by atoms with Crippen LogP contribution in [0.5, 0.6) is 0 Å². The Balaban J connectivity index is 2.27. The Hall–Kier alpha value is -1.42. The van der Waals surface area contributed by atoms with Gasteiger partial charge in [-0.3, -0.25) is 9.59 Å². The van der Waals surface area contributed by atoms with Gasteiger partial charge >= 0.3 is 11.9 Å². The highest BCUT2D eigenvalue weighted by molar-refractivity contribution is 6.30. The molecule has 0 amide bonds. The number of carbonyl (C=O) groups excluding carboxylic acids is 2. The summed E-state index contributed by atoms with van der Waals surface area (Å²) in [5.74, 6) is -1.22. The average Bonchev–Trinajstić information content (AvgIpc) is 2.16. The number of hydrogen-bond donors (Lipinski definition) is 0. The first-order chi connectivity index (χ1) is 7.16. The van der Waals surface area contributed by atoms with E-state index in [4.69, 9.17) is 11.6 Å². The fourth-order valence-corrected chi connectivity index (χ4v) is 1.88. The number of esters is 2. The molecule has 0 unspecified atom stereocenters. The standard InChI is InChI=1S/C10H8ClNO3/c11-10-7(2-1-3-12-10)6-4-8(13)15-9(14)5-6/h1-3,6H,4-5H2. The minimum Gasteiger partial charge on any atom is -0.393 e. The van der Waals surface area contributed by atoms with Crippen LogP contribution in [0.3, 0.4) is 0 Å². The van der Waals surface area contributed by atoms with Gasteiger partial charge in [-0.15, -0.1) is 0 Å². The molecule has 2 rings (SSSR count). The molecule has 5 heteroatoms. The third-order valence-electron chi connectivity index (χ3n) is 2.28. The molecule has 0 atom stereocenters. The maximum atomic E-state index is 11.1. The van der Waals surface area contributed by atoms with Gasteiger partial charge in [0.2, 0.25) is 0 Å². The first kappa shape index (κ1) is 10.1. The number of carbonyl (C=O) groups is 2. The van der Waals surface area contributed by atoms with E-state index in [2.05, 4.69) is 9.72 Å². The lowest BCUT2D eigenvalue weighted by atomic mass is 9.92. The first-order valence-corrected chi connectivity index (χ1v) is 4.88. The lowest BCUT2D eigenvalue weighted by molar-refractivity contribution is -0.163. The van der Waals surface area contributed by atoms with Crippen LogP contribution in [0, 0.1) is 0 Å². The van der Waals surface area contributed by atoms with E-state index >= 15 is 0 Å². The second kappa shape index (κ2) is 3.98. The summed E-state index contributed by atoms with van der Waals surface area (Å²) in [4.78, 5) is 26.0. The highest BCUT2D eigenvalue weighted by Crippen LogP contribution is 2.31. The number of rotatable bonds is 1. The molecule has 1 saturated heterocycles. The summed E-state index contributed by atoms with van der Waals surface area (Å²) >= 11 is 5.88. The summed E-state index contributed by atoms with van der Waals surface area (Å²) in [6, 6.07) is 3.50. The number of nitrogens with zero attached hydrogens (tertiary/aromatic N) is 1. The summed E-state index contributed by atoms with van der Waals surface area (Å²) < 4.78 is 4.44. The molecule has 2 heterocycles. The highest BCUT2D eigenvalue weighted by Gasteiger charge is 2.29. The molecule has 0 radical (unpaired) electrons. The number of pyridine rings is 1. The van der Waals surface area contributed by atoms with Crippen molar-refractivity contribution in [3.63, 3.8) is 0 Å². The Bertz CT molecular complexity index is 403. The minimum absolute atomic E-state index is 0.178. The van der Waals surface area contributed by atoms with E-state index in [1.807, 2.05) is 0 Å². The van der Waals surface area contributed by atoms with Gasteiger partial charge < -0.3 is 4.74 Å². The Morgan fingerprint density at radius 1 is 1.33 bits per heavy atom. The lowest BCUT2D eigenvalue weighted by Crippen LogP contribution is -2.24. The Morgan fingerprint density at radius 2 is 2.00 bits per heavy atom. The van der Waals surface area contributed by atoms with Crippen LogP contribution in [0.25, 0.3) is 0 Å². The van der Waals surface area contributed by atoms with Crippen LogP contribution >= 0.6 is 11.6 Å². The predicted octanol–water partition coefficient (Wildman–Crippen LogP) is 1.68. The van der Waals surface area contributed by atoms with E-state index in [1.165, 1.54) is 0 Å². The Labute approximate surface area is 91.2 Å². The van der Waals surface area contributed by atoms with E-state index in [1.54, 1.807) is 18.3 Å². The van der Waals surface area contributed by atoms with Crippen LogP contribution in [0.15, 0.2) is 18.3 Å². The van der Waals surface area contributed by atoms with Crippen molar-refractivity contribution >= 4 is 23.5 Å². The highest BCUT2D eigenvalue weighted by atomic mass is 35.5. The lowest BCUT2D eigenvalue weighted by Gasteiger charge is -2.20. The smallest absolute Gasteiger partial charge is 0.314 e. The monoisotopic (exact) mass is 225 g/mol. The van der Waals surface area contributed by atoms with Crippen LogP contribution in [0.2, 0.25) is 5.15 Å². The number of cyclic esters (lactones) is 2. The SMILES string of the molecule is O=C1CC(c2cccnc2Cl)CC(=O)O1. The van der Waals surface area contributed by atoms with Crippen LogP contribution in [0.1, 0.15) is 24.3 Å². The normalized spacial score (nSPS) is 17.7. The third kappa shape index (κ3) is 2.15. The molecule has 4 nitrogen and oxygen atoms in total. The molecule has 78 valence electrons. The summed E-state index contributed by atoms with van der Waals surface area (Å²) in [7, 11) is 0. The van der Waals surface area contributed by atoms with Crippen LogP contribution < -0.4 is 0 Å². The van der Waals surface area contributed by atoms with E-state index in [-0.39, 0.29) is 18.8 Å². The average molecular weight is 226 g/mol. The largest absolute Gasteiger partial charge is 0.393 e. The summed E-state index contributed by atoms with van der Waals surface area (Å²) in [6.07, 6.45) is 1.92. The topological polar surface area (TPSA) is 56.3 Å². The van der Waals surface area contributed by atoms with Gasteiger partial charge in [0.1, 0.15) is 5.15 Å². The van der Waals surface area contributed by atoms with Crippen LogP contribution in [-0.2, 0) is 14.3 Å². The van der Waals surface area contributed by atoms with Crippen LogP contribution in [0.4, 0.5) is 0 Å². The van der Waals surface area contributed by atoms with E-state index < -0.39 is 11.9 Å². The van der Waals surface area contributed by atoms with Gasteiger partial charge in [-0.2, -0.15) is 0 Å². The van der Waals surface area contributed by atoms with Crippen molar-refractivity contribution in [3.8, 4) is 0 Å². The number of hydrogen-bond acceptors (Lipinski definition) is 4. The quantitative estimate of drug-likeness (QED) is 0.415. The first-order valence-electron chi connectivity index (χ1n) is 4.50. The summed E-state index contributed by atoms with van der Waals surface area (Å²) in [6.45, 7) is 0. The van der Waals surface area contributed by atoms with Crippen molar-refractivity contribution in [1.82, 2.24) is 4.98 Å². The van der Waals surface area contributed by atoms with Gasteiger partial charge in [-0.25, -0.2) is 4.98 Å². The minimum atomic E-state index is -0.504. The molecular formula is C10H8ClNO3. The van der Waals surface area contributed by atoms with E-state index in [9.17, 15) is 9.59 Å². The Morgan fingerprint density at radius 3 is 2.60 bits per heavy atom. The fourth-order valence-electron chi connectivity index (χ4n) is 1.61. The molecular weight excluding hydrogens is 218 g/mol. The maximum Gasteiger partial charge on any atom is 0.314 e. The molecule has 0 spiro atoms. The second-order valence-electron chi connectivity index (χ2n) is 3.33. The zero-order valence-corrected chi connectivity index (χ0v) is 8.53. The van der Waals surface area contributed by atoms with Crippen molar-refractivity contribution in [1.29, 1.82) is 0 Å². The van der Waals surface area contributed by atoms with Crippen molar-refractivity contribution in [2.75, 3.05) is 0 Å². The molecule has 0 N–H and O–H groups in total. The number of halogens is 1. The zero-order valence-electron chi connectivity index (χ0n) is 7.77. The molecule has 15 heavy (non-hydrogen) atoms. The molecule has 0 saturated carbocycles. The molecule has 0 bridgehead atoms. The molecule has 1 aromatic rings. The van der Waals surface area contributed by atoms with E-state index in [0.717, 1.165) is 5.56 Å². The molecule has 1 aliphatic rings. The van der Waals surface area contributed by atoms with Gasteiger partial charge in [0.05, 0.1) is 12.8 Å². The second-order valence-corrected chi connectivity index (χ2v) is 3.69. The van der Waals surface area contributed by atoms with Gasteiger partial charge in [0.25, 0.3) is 0 Å². The van der Waals surface area contributed by atoms with E-state index in [0.29, 0.717) is 5.15 Å². The molecule has 1 aromatic heterocycles. The van der Waals surface area contributed by atoms with Gasteiger partial charge in [-0.05, 0) is 11.6 Å². The van der Waals surface area contributed by atoms with Gasteiger partial charge in [0, 0.05) is 12.1 Å². The number of aromatic nitrogens is 1. The molecule has 0 aromatic carbocycles. The maximum absolute atomic E-state index is 11.1. The predicted molar refractivity (Wildman–Crippen MR) is 52.3 cm³/mol. The zero-order chi connectivity index (χ0) is 10.8. The van der Waals surface area contributed by atoms with Gasteiger partial charge in [0.15, 0.2) is 0 Å². The number of ether oxygens (including phenoxy) is 1. The van der Waals surface area contributed by atoms with Crippen molar-refractivity contribution in [3.05, 3.63) is 29.0 Å². The summed E-state index contributed by atoms with van der Waals surface area (Å²) in [5.41, 5.74) is 0.726. The van der Waals surface area contributed by atoms with Crippen molar-refractivity contribution < 1.29 is 14.3 Å². The fraction of sp³-hybridized carbons (Fsp3) is 0.300. The Kier molecular flexibility index (Phi) is 2.68. The molecule has 1 fully saturated rings. The molecule has 0 aliphatic carbocycles. The van der Waals surface area contributed by atoms with Gasteiger partial charge in [-0.1, -0.05) is 17.7 Å². The van der Waals surface area contributed by atoms with Crippen molar-refractivity contribution in [2.45, 2.75) is 18.8 Å². The third-order valence-corrected chi connectivity index (χ3v) is 2.60. The van der Waals surface area contributed by atoms with Crippen molar-refractivity contribution in [2.24, 2.45) is 0 Å². The summed E-state index contributed by atoms with van der Waals surface area (Å²) in [5, 5.41) is 0.338. The molecule has 1 aliphatic heterocycles.